The van der Waals surface area contributed by atoms with Crippen LogP contribution in [0.2, 0.25) is 5.02 Å². The largest absolute Gasteiger partial charge is 0.485 e. The number of nitrogens with zero attached hydrogens (tertiary/aromatic N) is 2. The third-order valence-corrected chi connectivity index (χ3v) is 5.60. The molecule has 0 aliphatic heterocycles. The Labute approximate surface area is 168 Å². The summed E-state index contributed by atoms with van der Waals surface area (Å²) in [6, 6.07) is 11.3. The van der Waals surface area contributed by atoms with Crippen molar-refractivity contribution in [2.45, 2.75) is 6.61 Å². The van der Waals surface area contributed by atoms with E-state index in [1.165, 1.54) is 12.1 Å². The standard InChI is InChI=1S/C20H13ClFN3O2S/c21-17-14-4-3-13(22)10-16(14)28-18(17)20(26)25-19-15(2-1-7-24-19)27-11-12-5-8-23-9-6-12/h1-10H,11H2,(H,24,25,26). The molecule has 0 bridgehead atoms. The highest BCUT2D eigenvalue weighted by atomic mass is 35.5. The van der Waals surface area contributed by atoms with Crippen LogP contribution in [0.5, 0.6) is 5.75 Å². The summed E-state index contributed by atoms with van der Waals surface area (Å²) in [5, 5.41) is 3.64. The van der Waals surface area contributed by atoms with E-state index >= 15 is 0 Å². The molecule has 1 aromatic carbocycles. The molecule has 4 rings (SSSR count). The Morgan fingerprint density at radius 2 is 2.00 bits per heavy atom. The van der Waals surface area contributed by atoms with E-state index in [4.69, 9.17) is 16.3 Å². The molecule has 3 aromatic heterocycles. The van der Waals surface area contributed by atoms with Gasteiger partial charge in [0.25, 0.3) is 5.91 Å². The summed E-state index contributed by atoms with van der Waals surface area (Å²) in [7, 11) is 0. The van der Waals surface area contributed by atoms with E-state index in [-0.39, 0.29) is 21.5 Å². The summed E-state index contributed by atoms with van der Waals surface area (Å²) in [4.78, 5) is 21.2. The summed E-state index contributed by atoms with van der Waals surface area (Å²) < 4.78 is 19.8. The number of carbonyl (C=O) groups is 1. The van der Waals surface area contributed by atoms with Crippen LogP contribution in [0.3, 0.4) is 0 Å². The number of benzene rings is 1. The minimum Gasteiger partial charge on any atom is -0.485 e. The number of amides is 1. The number of fused-ring (bicyclic) bond motifs is 1. The molecule has 0 atom stereocenters. The number of anilines is 1. The van der Waals surface area contributed by atoms with E-state index in [1.54, 1.807) is 36.8 Å². The predicted octanol–water partition coefficient (Wildman–Crippen LogP) is 5.32. The average molecular weight is 414 g/mol. The van der Waals surface area contributed by atoms with Crippen LogP contribution in [0.25, 0.3) is 10.1 Å². The summed E-state index contributed by atoms with van der Waals surface area (Å²) in [5.74, 6) is -0.106. The van der Waals surface area contributed by atoms with Crippen molar-refractivity contribution >= 4 is 44.7 Å². The molecule has 0 aliphatic rings. The SMILES string of the molecule is O=C(Nc1ncccc1OCc1ccncc1)c1sc2cc(F)ccc2c1Cl. The maximum Gasteiger partial charge on any atom is 0.268 e. The van der Waals surface area contributed by atoms with Crippen LogP contribution in [-0.2, 0) is 6.61 Å². The van der Waals surface area contributed by atoms with Crippen molar-refractivity contribution in [3.63, 3.8) is 0 Å². The molecular formula is C20H13ClFN3O2S. The first-order valence-corrected chi connectivity index (χ1v) is 9.47. The highest BCUT2D eigenvalue weighted by Crippen LogP contribution is 2.36. The van der Waals surface area contributed by atoms with E-state index in [0.717, 1.165) is 16.9 Å². The molecule has 0 saturated carbocycles. The predicted molar refractivity (Wildman–Crippen MR) is 108 cm³/mol. The van der Waals surface area contributed by atoms with Gasteiger partial charge in [-0.05, 0) is 48.0 Å². The lowest BCUT2D eigenvalue weighted by Gasteiger charge is -2.11. The van der Waals surface area contributed by atoms with Gasteiger partial charge in [0.15, 0.2) is 11.6 Å². The maximum absolute atomic E-state index is 13.4. The van der Waals surface area contributed by atoms with Crippen molar-refractivity contribution < 1.29 is 13.9 Å². The number of aromatic nitrogens is 2. The van der Waals surface area contributed by atoms with Crippen molar-refractivity contribution in [2.24, 2.45) is 0 Å². The molecule has 5 nitrogen and oxygen atoms in total. The fraction of sp³-hybridized carbons (Fsp3) is 0.0500. The summed E-state index contributed by atoms with van der Waals surface area (Å²) in [6.07, 6.45) is 4.91. The minimum atomic E-state index is -0.431. The Kier molecular flexibility index (Phi) is 5.18. The molecule has 1 N–H and O–H groups in total. The van der Waals surface area contributed by atoms with Gasteiger partial charge in [0.1, 0.15) is 17.3 Å². The summed E-state index contributed by atoms with van der Waals surface area (Å²) in [5.41, 5.74) is 0.936. The molecule has 0 aliphatic carbocycles. The van der Waals surface area contributed by atoms with Gasteiger partial charge < -0.3 is 10.1 Å². The zero-order chi connectivity index (χ0) is 19.5. The number of nitrogens with one attached hydrogen (secondary N) is 1. The third kappa shape index (κ3) is 3.81. The Bertz CT molecular complexity index is 1150. The monoisotopic (exact) mass is 413 g/mol. The topological polar surface area (TPSA) is 64.1 Å². The van der Waals surface area contributed by atoms with Gasteiger partial charge in [-0.25, -0.2) is 9.37 Å². The number of hydrogen-bond donors (Lipinski definition) is 1. The maximum atomic E-state index is 13.4. The average Bonchev–Trinajstić information content (AvgIpc) is 3.04. The van der Waals surface area contributed by atoms with E-state index in [2.05, 4.69) is 15.3 Å². The Morgan fingerprint density at radius 3 is 2.82 bits per heavy atom. The third-order valence-electron chi connectivity index (χ3n) is 3.94. The number of carbonyl (C=O) groups excluding carboxylic acids is 1. The lowest BCUT2D eigenvalue weighted by atomic mass is 10.2. The molecule has 8 heteroatoms. The summed E-state index contributed by atoms with van der Waals surface area (Å²) in [6.45, 7) is 0.306. The number of halogens is 2. The van der Waals surface area contributed by atoms with Gasteiger partial charge in [-0.15, -0.1) is 11.3 Å². The quantitative estimate of drug-likeness (QED) is 0.481. The highest BCUT2D eigenvalue weighted by molar-refractivity contribution is 7.21. The molecule has 3 heterocycles. The lowest BCUT2D eigenvalue weighted by Crippen LogP contribution is -2.13. The van der Waals surface area contributed by atoms with Crippen LogP contribution in [0.15, 0.2) is 61.1 Å². The Morgan fingerprint density at radius 1 is 1.18 bits per heavy atom. The Hall–Kier alpha value is -3.03. The van der Waals surface area contributed by atoms with Crippen molar-refractivity contribution in [2.75, 3.05) is 5.32 Å². The minimum absolute atomic E-state index is 0.279. The van der Waals surface area contributed by atoms with Crippen LogP contribution < -0.4 is 10.1 Å². The lowest BCUT2D eigenvalue weighted by molar-refractivity contribution is 0.102. The first kappa shape index (κ1) is 18.3. The van der Waals surface area contributed by atoms with Crippen LogP contribution in [0, 0.1) is 5.82 Å². The van der Waals surface area contributed by atoms with E-state index in [0.29, 0.717) is 22.4 Å². The van der Waals surface area contributed by atoms with E-state index in [1.807, 2.05) is 12.1 Å². The second kappa shape index (κ2) is 7.92. The van der Waals surface area contributed by atoms with Gasteiger partial charge in [-0.2, -0.15) is 0 Å². The first-order chi connectivity index (χ1) is 13.6. The van der Waals surface area contributed by atoms with E-state index < -0.39 is 5.91 Å². The van der Waals surface area contributed by atoms with E-state index in [9.17, 15) is 9.18 Å². The number of thiophene rings is 1. The van der Waals surface area contributed by atoms with Gasteiger partial charge in [-0.1, -0.05) is 11.6 Å². The number of pyridine rings is 2. The molecular weight excluding hydrogens is 401 g/mol. The Balaban J connectivity index is 1.56. The van der Waals surface area contributed by atoms with Gasteiger partial charge in [0, 0.05) is 28.7 Å². The van der Waals surface area contributed by atoms with Crippen molar-refractivity contribution in [1.82, 2.24) is 9.97 Å². The number of hydrogen-bond acceptors (Lipinski definition) is 5. The molecule has 1 amide bonds. The zero-order valence-electron chi connectivity index (χ0n) is 14.4. The van der Waals surface area contributed by atoms with Crippen LogP contribution in [0.1, 0.15) is 15.2 Å². The van der Waals surface area contributed by atoms with Crippen LogP contribution in [-0.4, -0.2) is 15.9 Å². The fourth-order valence-corrected chi connectivity index (χ4v) is 4.03. The molecule has 0 radical (unpaired) electrons. The van der Waals surface area contributed by atoms with Crippen molar-refractivity contribution in [3.8, 4) is 5.75 Å². The molecule has 0 saturated heterocycles. The zero-order valence-corrected chi connectivity index (χ0v) is 15.9. The second-order valence-electron chi connectivity index (χ2n) is 5.83. The number of ether oxygens (including phenoxy) is 1. The van der Waals surface area contributed by atoms with Crippen molar-refractivity contribution in [1.29, 1.82) is 0 Å². The van der Waals surface area contributed by atoms with Crippen molar-refractivity contribution in [3.05, 3.63) is 82.3 Å². The molecule has 0 fully saturated rings. The highest BCUT2D eigenvalue weighted by Gasteiger charge is 2.19. The van der Waals surface area contributed by atoms with Gasteiger partial charge in [0.05, 0.1) is 5.02 Å². The normalized spacial score (nSPS) is 10.8. The smallest absolute Gasteiger partial charge is 0.268 e. The van der Waals surface area contributed by atoms with Crippen LogP contribution >= 0.6 is 22.9 Å². The van der Waals surface area contributed by atoms with Gasteiger partial charge in [0.2, 0.25) is 0 Å². The molecule has 28 heavy (non-hydrogen) atoms. The fourth-order valence-electron chi connectivity index (χ4n) is 2.59. The molecule has 0 unspecified atom stereocenters. The summed E-state index contributed by atoms with van der Waals surface area (Å²) >= 11 is 7.44. The molecule has 140 valence electrons. The van der Waals surface area contributed by atoms with Gasteiger partial charge >= 0.3 is 0 Å². The molecule has 4 aromatic rings. The van der Waals surface area contributed by atoms with Gasteiger partial charge in [-0.3, -0.25) is 9.78 Å². The first-order valence-electron chi connectivity index (χ1n) is 8.27. The molecule has 0 spiro atoms. The second-order valence-corrected chi connectivity index (χ2v) is 7.26. The van der Waals surface area contributed by atoms with Crippen LogP contribution in [0.4, 0.5) is 10.2 Å². The number of rotatable bonds is 5.